The van der Waals surface area contributed by atoms with Crippen molar-refractivity contribution >= 4 is 10.9 Å². The average molecular weight is 243 g/mol. The van der Waals surface area contributed by atoms with E-state index in [9.17, 15) is 4.79 Å². The van der Waals surface area contributed by atoms with Crippen molar-refractivity contribution < 1.29 is 4.74 Å². The Labute approximate surface area is 106 Å². The molecule has 0 spiro atoms. The number of aryl methyl sites for hydroxylation is 1. The summed E-state index contributed by atoms with van der Waals surface area (Å²) in [7, 11) is 1.82. The molecule has 0 fully saturated rings. The smallest absolute Gasteiger partial charge is 0.258 e. The van der Waals surface area contributed by atoms with E-state index in [2.05, 4.69) is 13.8 Å². The van der Waals surface area contributed by atoms with Gasteiger partial charge in [0.2, 0.25) is 0 Å². The number of para-hydroxylation sites is 1. The highest BCUT2D eigenvalue weighted by Gasteiger charge is 2.42. The van der Waals surface area contributed by atoms with Crippen LogP contribution in [0.3, 0.4) is 0 Å². The fourth-order valence-electron chi connectivity index (χ4n) is 2.68. The topological polar surface area (TPSA) is 31.2 Å². The van der Waals surface area contributed by atoms with Gasteiger partial charge < -0.3 is 9.30 Å². The summed E-state index contributed by atoms with van der Waals surface area (Å²) >= 11 is 0. The molecule has 1 aliphatic rings. The maximum Gasteiger partial charge on any atom is 0.258 e. The molecule has 0 bridgehead atoms. The molecule has 1 aromatic heterocycles. The zero-order valence-corrected chi connectivity index (χ0v) is 11.2. The van der Waals surface area contributed by atoms with Gasteiger partial charge in [0.1, 0.15) is 11.9 Å². The van der Waals surface area contributed by atoms with Crippen LogP contribution in [0.5, 0.6) is 5.75 Å². The van der Waals surface area contributed by atoms with E-state index in [0.29, 0.717) is 0 Å². The van der Waals surface area contributed by atoms with Crippen molar-refractivity contribution in [2.24, 2.45) is 7.05 Å². The van der Waals surface area contributed by atoms with Gasteiger partial charge in [-0.3, -0.25) is 4.79 Å². The van der Waals surface area contributed by atoms with E-state index in [0.717, 1.165) is 22.2 Å². The molecule has 1 atom stereocenters. The Bertz CT molecular complexity index is 697. The van der Waals surface area contributed by atoms with E-state index in [1.165, 1.54) is 0 Å². The van der Waals surface area contributed by atoms with Crippen LogP contribution in [0, 0.1) is 0 Å². The minimum atomic E-state index is -0.242. The predicted octanol–water partition coefficient (Wildman–Crippen LogP) is 2.60. The molecular weight excluding hydrogens is 226 g/mol. The molecule has 0 radical (unpaired) electrons. The summed E-state index contributed by atoms with van der Waals surface area (Å²) in [5.41, 5.74) is 1.54. The molecule has 1 aliphatic heterocycles. The highest BCUT2D eigenvalue weighted by molar-refractivity contribution is 5.87. The molecule has 0 aliphatic carbocycles. The van der Waals surface area contributed by atoms with Crippen LogP contribution >= 0.6 is 0 Å². The summed E-state index contributed by atoms with van der Waals surface area (Å²) in [6.07, 6.45) is 0.0195. The number of nitrogens with zero attached hydrogens (tertiary/aromatic N) is 1. The molecule has 94 valence electrons. The van der Waals surface area contributed by atoms with Crippen molar-refractivity contribution in [1.29, 1.82) is 0 Å². The summed E-state index contributed by atoms with van der Waals surface area (Å²) in [4.78, 5) is 12.5. The number of aromatic nitrogens is 1. The maximum absolute atomic E-state index is 12.5. The zero-order valence-electron chi connectivity index (χ0n) is 11.2. The third kappa shape index (κ3) is 1.22. The first-order valence-corrected chi connectivity index (χ1v) is 6.23. The van der Waals surface area contributed by atoms with Crippen molar-refractivity contribution in [1.82, 2.24) is 4.57 Å². The minimum absolute atomic E-state index is 0.0195. The fourth-order valence-corrected chi connectivity index (χ4v) is 2.68. The Morgan fingerprint density at radius 2 is 1.94 bits per heavy atom. The van der Waals surface area contributed by atoms with E-state index < -0.39 is 0 Å². The van der Waals surface area contributed by atoms with Crippen molar-refractivity contribution in [2.45, 2.75) is 32.3 Å². The van der Waals surface area contributed by atoms with Gasteiger partial charge in [0, 0.05) is 17.8 Å². The fraction of sp³-hybridized carbons (Fsp3) is 0.400. The third-order valence-electron chi connectivity index (χ3n) is 4.21. The largest absolute Gasteiger partial charge is 0.489 e. The van der Waals surface area contributed by atoms with Gasteiger partial charge >= 0.3 is 0 Å². The monoisotopic (exact) mass is 243 g/mol. The average Bonchev–Trinajstić information content (AvgIpc) is 2.58. The van der Waals surface area contributed by atoms with Crippen molar-refractivity contribution in [3.63, 3.8) is 0 Å². The standard InChI is InChI=1S/C15H17NO2/c1-9-15(2,3)12-13(18-9)10-7-5-6-8-11(10)16(4)14(12)17/h5-9H,1-4H3. The Hall–Kier alpha value is -1.77. The van der Waals surface area contributed by atoms with Gasteiger partial charge in [-0.1, -0.05) is 26.0 Å². The Morgan fingerprint density at radius 3 is 2.67 bits per heavy atom. The van der Waals surface area contributed by atoms with E-state index in [1.807, 2.05) is 38.2 Å². The molecule has 0 amide bonds. The summed E-state index contributed by atoms with van der Waals surface area (Å²) in [5, 5.41) is 1.02. The second-order valence-corrected chi connectivity index (χ2v) is 5.57. The highest BCUT2D eigenvalue weighted by Crippen LogP contribution is 2.43. The normalized spacial score (nSPS) is 20.8. The number of hydrogen-bond acceptors (Lipinski definition) is 2. The van der Waals surface area contributed by atoms with Crippen LogP contribution in [0.4, 0.5) is 0 Å². The van der Waals surface area contributed by atoms with Crippen molar-refractivity contribution in [3.05, 3.63) is 40.2 Å². The van der Waals surface area contributed by atoms with Gasteiger partial charge in [0.15, 0.2) is 0 Å². The number of rotatable bonds is 0. The molecule has 3 heteroatoms. The second-order valence-electron chi connectivity index (χ2n) is 5.57. The van der Waals surface area contributed by atoms with Crippen LogP contribution in [0.25, 0.3) is 10.9 Å². The molecule has 3 rings (SSSR count). The summed E-state index contributed by atoms with van der Waals surface area (Å²) in [5.74, 6) is 0.770. The van der Waals surface area contributed by atoms with Crippen LogP contribution in [0.2, 0.25) is 0 Å². The molecule has 0 saturated carbocycles. The molecule has 3 nitrogen and oxygen atoms in total. The number of pyridine rings is 1. The predicted molar refractivity (Wildman–Crippen MR) is 72.3 cm³/mol. The number of fused-ring (bicyclic) bond motifs is 3. The van der Waals surface area contributed by atoms with Crippen molar-refractivity contribution in [2.75, 3.05) is 0 Å². The Balaban J connectivity index is 2.53. The first-order chi connectivity index (χ1) is 8.44. The first kappa shape index (κ1) is 11.3. The molecule has 0 N–H and O–H groups in total. The lowest BCUT2D eigenvalue weighted by atomic mass is 9.82. The molecule has 0 saturated heterocycles. The first-order valence-electron chi connectivity index (χ1n) is 6.23. The summed E-state index contributed by atoms with van der Waals surface area (Å²) < 4.78 is 7.68. The van der Waals surface area contributed by atoms with E-state index in [4.69, 9.17) is 4.74 Å². The van der Waals surface area contributed by atoms with Crippen LogP contribution < -0.4 is 10.3 Å². The lowest BCUT2D eigenvalue weighted by Crippen LogP contribution is -2.34. The van der Waals surface area contributed by atoms with Gasteiger partial charge in [0.05, 0.1) is 11.1 Å². The van der Waals surface area contributed by atoms with Crippen LogP contribution in [0.15, 0.2) is 29.1 Å². The highest BCUT2D eigenvalue weighted by atomic mass is 16.5. The second kappa shape index (κ2) is 3.37. The molecule has 1 unspecified atom stereocenters. The van der Waals surface area contributed by atoms with Gasteiger partial charge in [-0.2, -0.15) is 0 Å². The van der Waals surface area contributed by atoms with Gasteiger partial charge in [0.25, 0.3) is 5.56 Å². The number of benzene rings is 1. The Kier molecular flexibility index (Phi) is 2.12. The quantitative estimate of drug-likeness (QED) is 0.712. The lowest BCUT2D eigenvalue weighted by Gasteiger charge is -2.21. The zero-order chi connectivity index (χ0) is 13.1. The molecule has 1 aromatic carbocycles. The van der Waals surface area contributed by atoms with Crippen LogP contribution in [0.1, 0.15) is 26.3 Å². The van der Waals surface area contributed by atoms with Crippen molar-refractivity contribution in [3.8, 4) is 5.75 Å². The Morgan fingerprint density at radius 1 is 1.28 bits per heavy atom. The van der Waals surface area contributed by atoms with E-state index >= 15 is 0 Å². The van der Waals surface area contributed by atoms with E-state index in [1.54, 1.807) is 4.57 Å². The SMILES string of the molecule is CC1Oc2c(c(=O)n(C)c3ccccc23)C1(C)C. The van der Waals surface area contributed by atoms with Gasteiger partial charge in [-0.05, 0) is 19.1 Å². The number of hydrogen-bond donors (Lipinski definition) is 0. The van der Waals surface area contributed by atoms with E-state index in [-0.39, 0.29) is 17.1 Å². The summed E-state index contributed by atoms with van der Waals surface area (Å²) in [6, 6.07) is 7.89. The third-order valence-corrected chi connectivity index (χ3v) is 4.21. The minimum Gasteiger partial charge on any atom is -0.489 e. The molecule has 2 heterocycles. The molecular formula is C15H17NO2. The van der Waals surface area contributed by atoms with Crippen LogP contribution in [-0.4, -0.2) is 10.7 Å². The summed E-state index contributed by atoms with van der Waals surface area (Å²) in [6.45, 7) is 6.16. The van der Waals surface area contributed by atoms with Gasteiger partial charge in [-0.25, -0.2) is 0 Å². The molecule has 18 heavy (non-hydrogen) atoms. The maximum atomic E-state index is 12.5. The lowest BCUT2D eigenvalue weighted by molar-refractivity contribution is 0.187. The van der Waals surface area contributed by atoms with Gasteiger partial charge in [-0.15, -0.1) is 0 Å². The molecule has 2 aromatic rings. The van der Waals surface area contributed by atoms with Crippen LogP contribution in [-0.2, 0) is 12.5 Å². The number of ether oxygens (including phenoxy) is 1.